The van der Waals surface area contributed by atoms with Crippen LogP contribution in [0.25, 0.3) is 0 Å². The van der Waals surface area contributed by atoms with Crippen LogP contribution in [0.3, 0.4) is 0 Å². The fourth-order valence-electron chi connectivity index (χ4n) is 2.60. The quantitative estimate of drug-likeness (QED) is 0.673. The van der Waals surface area contributed by atoms with Gasteiger partial charge in [0.05, 0.1) is 0 Å². The summed E-state index contributed by atoms with van der Waals surface area (Å²) in [5, 5.41) is 0. The van der Waals surface area contributed by atoms with Gasteiger partial charge in [-0.2, -0.15) is 0 Å². The molecule has 0 aliphatic heterocycles. The van der Waals surface area contributed by atoms with Gasteiger partial charge in [0.1, 0.15) is 0 Å². The molecule has 0 radical (unpaired) electrons. The van der Waals surface area contributed by atoms with Gasteiger partial charge in [0, 0.05) is 11.8 Å². The third kappa shape index (κ3) is 3.39. The van der Waals surface area contributed by atoms with Crippen molar-refractivity contribution in [3.05, 3.63) is 70.3 Å². The van der Waals surface area contributed by atoms with Crippen molar-refractivity contribution in [1.29, 1.82) is 0 Å². The fourth-order valence-corrected chi connectivity index (χ4v) is 2.89. The monoisotopic (exact) mass is 272 g/mol. The summed E-state index contributed by atoms with van der Waals surface area (Å²) in [6.07, 6.45) is 1.02. The molecular weight excluding hydrogens is 252 g/mol. The molecule has 1 atom stereocenters. The molecule has 0 aliphatic rings. The summed E-state index contributed by atoms with van der Waals surface area (Å²) >= 11 is 6.21. The van der Waals surface area contributed by atoms with Crippen molar-refractivity contribution in [3.63, 3.8) is 0 Å². The summed E-state index contributed by atoms with van der Waals surface area (Å²) in [4.78, 5) is 0. The molecule has 1 heteroatoms. The molecule has 0 spiro atoms. The molecule has 0 N–H and O–H groups in total. The number of rotatable bonds is 4. The minimum Gasteiger partial charge on any atom is -0.126 e. The number of aryl methyl sites for hydroxylation is 3. The minimum atomic E-state index is 0.390. The summed E-state index contributed by atoms with van der Waals surface area (Å²) in [7, 11) is 0. The molecule has 0 heterocycles. The van der Waals surface area contributed by atoms with Crippen LogP contribution in [0.1, 0.15) is 33.7 Å². The predicted octanol–water partition coefficient (Wildman–Crippen LogP) is 5.18. The van der Waals surface area contributed by atoms with Gasteiger partial charge in [0.15, 0.2) is 0 Å². The van der Waals surface area contributed by atoms with E-state index in [9.17, 15) is 0 Å². The lowest BCUT2D eigenvalue weighted by molar-refractivity contribution is 0.757. The molecule has 0 bridgehead atoms. The second-order valence-electron chi connectivity index (χ2n) is 5.34. The Morgan fingerprint density at radius 3 is 2.16 bits per heavy atom. The van der Waals surface area contributed by atoms with E-state index in [1.165, 1.54) is 27.8 Å². The Balaban J connectivity index is 2.29. The predicted molar refractivity (Wildman–Crippen MR) is 84.3 cm³/mol. The van der Waals surface area contributed by atoms with Crippen LogP contribution in [0.5, 0.6) is 0 Å². The molecule has 2 rings (SSSR count). The highest BCUT2D eigenvalue weighted by Crippen LogP contribution is 2.26. The Morgan fingerprint density at radius 2 is 1.58 bits per heavy atom. The lowest BCUT2D eigenvalue weighted by atomic mass is 9.89. The van der Waals surface area contributed by atoms with E-state index in [0.29, 0.717) is 11.8 Å². The van der Waals surface area contributed by atoms with Gasteiger partial charge < -0.3 is 0 Å². The highest BCUT2D eigenvalue weighted by atomic mass is 35.5. The van der Waals surface area contributed by atoms with Crippen molar-refractivity contribution >= 4 is 11.6 Å². The SMILES string of the molecule is Cc1cccc(C(CCl)Cc2c(C)cccc2C)c1. The van der Waals surface area contributed by atoms with Crippen LogP contribution in [0.15, 0.2) is 42.5 Å². The third-order valence-corrected chi connectivity index (χ3v) is 4.17. The molecule has 0 saturated carbocycles. The minimum absolute atomic E-state index is 0.390. The summed E-state index contributed by atoms with van der Waals surface area (Å²) in [6.45, 7) is 6.50. The summed E-state index contributed by atoms with van der Waals surface area (Å²) in [5.41, 5.74) is 6.81. The maximum atomic E-state index is 6.21. The van der Waals surface area contributed by atoms with Gasteiger partial charge >= 0.3 is 0 Å². The Morgan fingerprint density at radius 1 is 0.947 bits per heavy atom. The number of halogens is 1. The number of alkyl halides is 1. The standard InChI is InChI=1S/C18H21Cl/c1-13-6-4-9-16(10-13)17(12-19)11-18-14(2)7-5-8-15(18)3/h4-10,17H,11-12H2,1-3H3. The maximum absolute atomic E-state index is 6.21. The smallest absolute Gasteiger partial charge is 0.0295 e. The number of hydrogen-bond donors (Lipinski definition) is 0. The van der Waals surface area contributed by atoms with Crippen molar-refractivity contribution in [2.24, 2.45) is 0 Å². The molecular formula is C18H21Cl. The van der Waals surface area contributed by atoms with Crippen LogP contribution in [0, 0.1) is 20.8 Å². The molecule has 1 unspecified atom stereocenters. The van der Waals surface area contributed by atoms with Gasteiger partial charge in [0.25, 0.3) is 0 Å². The average Bonchev–Trinajstić information content (AvgIpc) is 2.38. The van der Waals surface area contributed by atoms with Crippen molar-refractivity contribution in [2.45, 2.75) is 33.1 Å². The van der Waals surface area contributed by atoms with E-state index in [-0.39, 0.29) is 0 Å². The highest BCUT2D eigenvalue weighted by Gasteiger charge is 2.14. The molecule has 19 heavy (non-hydrogen) atoms. The van der Waals surface area contributed by atoms with E-state index in [1.54, 1.807) is 0 Å². The first kappa shape index (κ1) is 14.1. The summed E-state index contributed by atoms with van der Waals surface area (Å²) in [6, 6.07) is 15.2. The van der Waals surface area contributed by atoms with Gasteiger partial charge in [-0.15, -0.1) is 11.6 Å². The first-order valence-electron chi connectivity index (χ1n) is 6.79. The molecule has 0 amide bonds. The topological polar surface area (TPSA) is 0 Å². The van der Waals surface area contributed by atoms with E-state index in [2.05, 4.69) is 63.2 Å². The van der Waals surface area contributed by atoms with Gasteiger partial charge in [-0.05, 0) is 49.4 Å². The fraction of sp³-hybridized carbons (Fsp3) is 0.333. The van der Waals surface area contributed by atoms with Crippen LogP contribution in [-0.4, -0.2) is 5.88 Å². The molecule has 0 fully saturated rings. The zero-order valence-corrected chi connectivity index (χ0v) is 12.7. The van der Waals surface area contributed by atoms with Crippen LogP contribution >= 0.6 is 11.6 Å². The molecule has 0 nitrogen and oxygen atoms in total. The third-order valence-electron chi connectivity index (χ3n) is 3.79. The van der Waals surface area contributed by atoms with Crippen LogP contribution in [0.2, 0.25) is 0 Å². The summed E-state index contributed by atoms with van der Waals surface area (Å²) < 4.78 is 0. The number of benzene rings is 2. The van der Waals surface area contributed by atoms with E-state index in [1.807, 2.05) is 0 Å². The van der Waals surface area contributed by atoms with Crippen molar-refractivity contribution in [3.8, 4) is 0 Å². The molecule has 100 valence electrons. The Hall–Kier alpha value is -1.27. The van der Waals surface area contributed by atoms with Gasteiger partial charge in [0.2, 0.25) is 0 Å². The molecule has 2 aromatic rings. The van der Waals surface area contributed by atoms with Gasteiger partial charge in [-0.1, -0.05) is 48.0 Å². The zero-order valence-electron chi connectivity index (χ0n) is 11.9. The lowest BCUT2D eigenvalue weighted by Gasteiger charge is -2.18. The normalized spacial score (nSPS) is 12.4. The van der Waals surface area contributed by atoms with E-state index < -0.39 is 0 Å². The first-order chi connectivity index (χ1) is 9.11. The first-order valence-corrected chi connectivity index (χ1v) is 7.33. The molecule has 0 aromatic heterocycles. The second kappa shape index (κ2) is 6.25. The summed E-state index contributed by atoms with van der Waals surface area (Å²) in [5.74, 6) is 1.05. The Kier molecular flexibility index (Phi) is 4.66. The van der Waals surface area contributed by atoms with Crippen LogP contribution in [-0.2, 0) is 6.42 Å². The van der Waals surface area contributed by atoms with Crippen molar-refractivity contribution in [2.75, 3.05) is 5.88 Å². The van der Waals surface area contributed by atoms with Crippen molar-refractivity contribution in [1.82, 2.24) is 0 Å². The average molecular weight is 273 g/mol. The maximum Gasteiger partial charge on any atom is 0.0295 e. The second-order valence-corrected chi connectivity index (χ2v) is 5.65. The number of hydrogen-bond acceptors (Lipinski definition) is 0. The largest absolute Gasteiger partial charge is 0.126 e. The van der Waals surface area contributed by atoms with E-state index >= 15 is 0 Å². The van der Waals surface area contributed by atoms with Crippen LogP contribution in [0.4, 0.5) is 0 Å². The molecule has 0 aliphatic carbocycles. The lowest BCUT2D eigenvalue weighted by Crippen LogP contribution is -2.07. The van der Waals surface area contributed by atoms with E-state index in [0.717, 1.165) is 6.42 Å². The van der Waals surface area contributed by atoms with Crippen molar-refractivity contribution < 1.29 is 0 Å². The zero-order chi connectivity index (χ0) is 13.8. The van der Waals surface area contributed by atoms with E-state index in [4.69, 9.17) is 11.6 Å². The Labute approximate surface area is 121 Å². The van der Waals surface area contributed by atoms with Gasteiger partial charge in [-0.25, -0.2) is 0 Å². The Bertz CT molecular complexity index is 537. The van der Waals surface area contributed by atoms with Crippen LogP contribution < -0.4 is 0 Å². The highest BCUT2D eigenvalue weighted by molar-refractivity contribution is 6.18. The molecule has 0 saturated heterocycles. The van der Waals surface area contributed by atoms with Gasteiger partial charge in [-0.3, -0.25) is 0 Å². The molecule has 2 aromatic carbocycles.